The van der Waals surface area contributed by atoms with E-state index >= 15 is 0 Å². The van der Waals surface area contributed by atoms with Crippen LogP contribution >= 0.6 is 22.9 Å². The molecule has 0 aliphatic carbocycles. The average molecular weight is 556 g/mol. The number of benzene rings is 2. The molecule has 3 heterocycles. The van der Waals surface area contributed by atoms with Crippen molar-refractivity contribution in [3.05, 3.63) is 62.8 Å². The molecule has 38 heavy (non-hydrogen) atoms. The van der Waals surface area contributed by atoms with E-state index < -0.39 is 23.5 Å². The number of aliphatic hydroxyl groups is 1. The number of nitrogens with one attached hydrogen (secondary N) is 1. The van der Waals surface area contributed by atoms with Crippen molar-refractivity contribution in [2.24, 2.45) is 0 Å². The third-order valence-electron chi connectivity index (χ3n) is 6.19. The molecule has 5 rings (SSSR count). The summed E-state index contributed by atoms with van der Waals surface area (Å²) < 4.78 is 21.4. The number of hydrogen-bond acceptors (Lipinski definition) is 9. The highest BCUT2D eigenvalue weighted by Gasteiger charge is 2.49. The number of nitrogens with zero attached hydrogens (tertiary/aromatic N) is 2. The van der Waals surface area contributed by atoms with Gasteiger partial charge >= 0.3 is 5.91 Å². The van der Waals surface area contributed by atoms with Gasteiger partial charge in [-0.1, -0.05) is 17.7 Å². The lowest BCUT2D eigenvalue weighted by atomic mass is 9.99. The molecular formula is C26H22ClN3O7S. The van der Waals surface area contributed by atoms with Crippen LogP contribution in [0.2, 0.25) is 5.02 Å². The summed E-state index contributed by atoms with van der Waals surface area (Å²) in [5, 5.41) is 13.5. The lowest BCUT2D eigenvalue weighted by Crippen LogP contribution is -2.30. The molecule has 2 N–H and O–H groups in total. The van der Waals surface area contributed by atoms with Gasteiger partial charge in [-0.25, -0.2) is 4.98 Å². The number of hydrogen-bond donors (Lipinski definition) is 2. The van der Waals surface area contributed by atoms with E-state index in [0.29, 0.717) is 33.2 Å². The van der Waals surface area contributed by atoms with Crippen molar-refractivity contribution in [3.8, 4) is 23.0 Å². The third kappa shape index (κ3) is 4.00. The summed E-state index contributed by atoms with van der Waals surface area (Å²) in [5.74, 6) is -0.605. The lowest BCUT2D eigenvalue weighted by molar-refractivity contribution is -0.132. The molecule has 2 aromatic heterocycles. The predicted octanol–water partition coefficient (Wildman–Crippen LogP) is 4.94. The van der Waals surface area contributed by atoms with Crippen LogP contribution in [-0.2, 0) is 9.59 Å². The minimum Gasteiger partial charge on any atom is -0.507 e. The van der Waals surface area contributed by atoms with Gasteiger partial charge in [0.2, 0.25) is 5.95 Å². The molecule has 1 aliphatic heterocycles. The van der Waals surface area contributed by atoms with Gasteiger partial charge in [0.15, 0.2) is 11.5 Å². The maximum atomic E-state index is 13.5. The summed E-state index contributed by atoms with van der Waals surface area (Å²) in [5.41, 5.74) is 1.06. The van der Waals surface area contributed by atoms with Gasteiger partial charge in [0.05, 0.1) is 55.6 Å². The number of imidazole rings is 1. The zero-order valence-corrected chi connectivity index (χ0v) is 22.3. The molecule has 1 unspecified atom stereocenters. The van der Waals surface area contributed by atoms with Crippen LogP contribution in [0.15, 0.2) is 47.4 Å². The largest absolute Gasteiger partial charge is 0.507 e. The number of Topliss-reactive ketones (excluding diaryl/α,β-unsaturated/α-hetero) is 1. The Morgan fingerprint density at radius 2 is 1.68 bits per heavy atom. The second-order valence-corrected chi connectivity index (χ2v) is 9.54. The predicted molar refractivity (Wildman–Crippen MR) is 143 cm³/mol. The van der Waals surface area contributed by atoms with Gasteiger partial charge in [0, 0.05) is 23.1 Å². The summed E-state index contributed by atoms with van der Waals surface area (Å²) in [6.45, 7) is 0. The first-order chi connectivity index (χ1) is 18.3. The van der Waals surface area contributed by atoms with Crippen molar-refractivity contribution >= 4 is 57.4 Å². The Hall–Kier alpha value is -4.22. The maximum absolute atomic E-state index is 13.5. The van der Waals surface area contributed by atoms with Crippen molar-refractivity contribution in [3.63, 3.8) is 0 Å². The molecule has 196 valence electrons. The summed E-state index contributed by atoms with van der Waals surface area (Å²) in [4.78, 5) is 36.4. The van der Waals surface area contributed by atoms with Crippen LogP contribution in [0, 0.1) is 0 Å². The van der Waals surface area contributed by atoms with E-state index in [9.17, 15) is 14.7 Å². The zero-order chi connectivity index (χ0) is 27.1. The number of ketones is 1. The number of methoxy groups -OCH3 is 4. The molecule has 1 aliphatic rings. The van der Waals surface area contributed by atoms with Gasteiger partial charge in [-0.05, 0) is 17.5 Å². The Morgan fingerprint density at radius 1 is 1.00 bits per heavy atom. The van der Waals surface area contributed by atoms with E-state index in [0.717, 1.165) is 0 Å². The lowest BCUT2D eigenvalue weighted by Gasteiger charge is -2.22. The molecule has 0 radical (unpaired) electrons. The van der Waals surface area contributed by atoms with Crippen LogP contribution in [0.4, 0.5) is 5.95 Å². The van der Waals surface area contributed by atoms with Crippen LogP contribution < -0.4 is 23.8 Å². The number of carbonyl (C=O) groups excluding carboxylic acids is 2. The normalized spacial score (nSPS) is 16.8. The molecule has 0 bridgehead atoms. The van der Waals surface area contributed by atoms with Crippen LogP contribution in [0.1, 0.15) is 16.5 Å². The molecule has 2 aromatic carbocycles. The zero-order valence-electron chi connectivity index (χ0n) is 20.7. The highest BCUT2D eigenvalue weighted by atomic mass is 35.5. The minimum absolute atomic E-state index is 0.120. The molecule has 1 amide bonds. The Morgan fingerprint density at radius 3 is 2.32 bits per heavy atom. The number of thiophene rings is 1. The number of ether oxygens (including phenoxy) is 4. The minimum atomic E-state index is -0.968. The van der Waals surface area contributed by atoms with Crippen LogP contribution in [0.5, 0.6) is 23.0 Å². The molecular weight excluding hydrogens is 534 g/mol. The average Bonchev–Trinajstić information content (AvgIpc) is 3.65. The molecule has 12 heteroatoms. The van der Waals surface area contributed by atoms with Gasteiger partial charge in [-0.2, -0.15) is 0 Å². The summed E-state index contributed by atoms with van der Waals surface area (Å²) in [6, 6.07) is 8.86. The highest BCUT2D eigenvalue weighted by molar-refractivity contribution is 7.10. The number of rotatable bonds is 7. The van der Waals surface area contributed by atoms with Crippen molar-refractivity contribution in [1.82, 2.24) is 9.97 Å². The van der Waals surface area contributed by atoms with E-state index in [1.54, 1.807) is 24.3 Å². The third-order valence-corrected chi connectivity index (χ3v) is 7.41. The van der Waals surface area contributed by atoms with Gasteiger partial charge in [-0.3, -0.25) is 14.5 Å². The summed E-state index contributed by atoms with van der Waals surface area (Å²) >= 11 is 7.65. The van der Waals surface area contributed by atoms with E-state index in [-0.39, 0.29) is 27.9 Å². The summed E-state index contributed by atoms with van der Waals surface area (Å²) in [6.07, 6.45) is 0. The van der Waals surface area contributed by atoms with Crippen molar-refractivity contribution in [1.29, 1.82) is 0 Å². The second-order valence-electron chi connectivity index (χ2n) is 8.16. The molecule has 1 fully saturated rings. The smallest absolute Gasteiger partial charge is 0.302 e. The highest BCUT2D eigenvalue weighted by Crippen LogP contribution is 2.45. The SMILES string of the molecule is COc1cc(OC)c(/C(O)=C2\C(=O)C(=O)N(c3nc4cc(OC)c(OC)cc4[nH]3)C2c2cccs2)cc1Cl. The maximum Gasteiger partial charge on any atom is 0.302 e. The van der Waals surface area contributed by atoms with E-state index in [1.807, 2.05) is 5.38 Å². The number of halogens is 1. The Labute approximate surface area is 226 Å². The molecule has 0 saturated carbocycles. The number of aromatic nitrogens is 2. The molecule has 0 spiro atoms. The quantitative estimate of drug-likeness (QED) is 0.187. The number of amides is 1. The molecule has 4 aromatic rings. The first-order valence-corrected chi connectivity index (χ1v) is 12.5. The van der Waals surface area contributed by atoms with Gasteiger partial charge in [0.1, 0.15) is 23.3 Å². The van der Waals surface area contributed by atoms with Crippen molar-refractivity contribution in [2.75, 3.05) is 33.3 Å². The van der Waals surface area contributed by atoms with Gasteiger partial charge in [0.25, 0.3) is 5.78 Å². The van der Waals surface area contributed by atoms with Crippen molar-refractivity contribution in [2.45, 2.75) is 6.04 Å². The fraction of sp³-hybridized carbons (Fsp3) is 0.192. The van der Waals surface area contributed by atoms with Crippen molar-refractivity contribution < 1.29 is 33.6 Å². The molecule has 10 nitrogen and oxygen atoms in total. The van der Waals surface area contributed by atoms with Crippen LogP contribution in [0.3, 0.4) is 0 Å². The van der Waals surface area contributed by atoms with E-state index in [4.69, 9.17) is 30.5 Å². The van der Waals surface area contributed by atoms with E-state index in [2.05, 4.69) is 9.97 Å². The Balaban J connectivity index is 1.72. The number of aliphatic hydroxyl groups excluding tert-OH is 1. The first kappa shape index (κ1) is 25.4. The standard InChI is InChI=1S/C26H22ClN3O7S/c1-34-16-11-17(35-2)13(27)8-12(16)23(31)21-22(20-6-5-7-38-20)30(25(33)24(21)32)26-28-14-9-18(36-3)19(37-4)10-15(14)29-26/h5-11,22,31H,1-4H3,(H,28,29)/b23-21+. The number of H-pyrrole nitrogens is 1. The van der Waals surface area contributed by atoms with Crippen LogP contribution in [0.25, 0.3) is 16.8 Å². The number of aromatic amines is 1. The number of anilines is 1. The molecule has 1 saturated heterocycles. The number of carbonyl (C=O) groups is 2. The Kier molecular flexibility index (Phi) is 6.64. The van der Waals surface area contributed by atoms with E-state index in [1.165, 1.54) is 56.8 Å². The Bertz CT molecular complexity index is 1560. The second kappa shape index (κ2) is 9.92. The topological polar surface area (TPSA) is 123 Å². The number of fused-ring (bicyclic) bond motifs is 1. The fourth-order valence-corrected chi connectivity index (χ4v) is 5.46. The fourth-order valence-electron chi connectivity index (χ4n) is 4.39. The summed E-state index contributed by atoms with van der Waals surface area (Å²) in [7, 11) is 5.87. The van der Waals surface area contributed by atoms with Gasteiger partial charge < -0.3 is 29.0 Å². The van der Waals surface area contributed by atoms with Crippen LogP contribution in [-0.4, -0.2) is 55.2 Å². The monoisotopic (exact) mass is 555 g/mol. The first-order valence-electron chi connectivity index (χ1n) is 11.2. The van der Waals surface area contributed by atoms with Gasteiger partial charge in [-0.15, -0.1) is 11.3 Å². The molecule has 1 atom stereocenters.